The van der Waals surface area contributed by atoms with E-state index in [1.54, 1.807) is 24.3 Å². The summed E-state index contributed by atoms with van der Waals surface area (Å²) >= 11 is 0. The summed E-state index contributed by atoms with van der Waals surface area (Å²) in [4.78, 5) is 11.6. The Balaban J connectivity index is 2.66. The highest BCUT2D eigenvalue weighted by Gasteiger charge is 2.17. The van der Waals surface area contributed by atoms with Crippen molar-refractivity contribution < 1.29 is 9.90 Å². The lowest BCUT2D eigenvalue weighted by molar-refractivity contribution is 0.0704. The van der Waals surface area contributed by atoms with Crippen LogP contribution in [-0.4, -0.2) is 17.0 Å². The van der Waals surface area contributed by atoms with Crippen molar-refractivity contribution in [3.63, 3.8) is 0 Å². The zero-order valence-electron chi connectivity index (χ0n) is 8.60. The summed E-state index contributed by atoms with van der Waals surface area (Å²) in [6, 6.07) is 8.91. The average Bonchev–Trinajstić information content (AvgIpc) is 2.17. The topological polar surface area (TPSA) is 37.3 Å². The Kier molecular flexibility index (Phi) is 3.84. The molecule has 0 aliphatic heterocycles. The molecule has 1 rings (SSSR count). The van der Waals surface area contributed by atoms with Gasteiger partial charge in [-0.1, -0.05) is 44.2 Å². The van der Waals surface area contributed by atoms with Crippen LogP contribution >= 0.6 is 0 Å². The van der Waals surface area contributed by atoms with Crippen molar-refractivity contribution >= 4 is 5.78 Å². The predicted octanol–water partition coefficient (Wildman–Crippen LogP) is 2.28. The molecular formula is C12H16O2. The molecule has 1 N–H and O–H groups in total. The second-order valence-electron chi connectivity index (χ2n) is 3.88. The summed E-state index contributed by atoms with van der Waals surface area (Å²) in [5.74, 6) is 0.150. The molecule has 0 heterocycles. The first-order chi connectivity index (χ1) is 6.61. The third kappa shape index (κ3) is 2.96. The van der Waals surface area contributed by atoms with Crippen molar-refractivity contribution in [3.8, 4) is 0 Å². The fourth-order valence-corrected chi connectivity index (χ4v) is 1.35. The summed E-state index contributed by atoms with van der Waals surface area (Å²) in [5, 5.41) is 9.59. The van der Waals surface area contributed by atoms with Crippen LogP contribution in [0, 0.1) is 5.92 Å². The smallest absolute Gasteiger partial charge is 0.191 e. The van der Waals surface area contributed by atoms with Crippen LogP contribution in [0.15, 0.2) is 30.3 Å². The number of aliphatic hydroxyl groups is 1. The number of carbonyl (C=O) groups excluding carboxylic acids is 1. The minimum Gasteiger partial charge on any atom is -0.385 e. The van der Waals surface area contributed by atoms with E-state index in [0.717, 1.165) is 0 Å². The number of hydrogen-bond acceptors (Lipinski definition) is 2. The van der Waals surface area contributed by atoms with E-state index in [-0.39, 0.29) is 5.78 Å². The van der Waals surface area contributed by atoms with Crippen LogP contribution in [0.5, 0.6) is 0 Å². The maximum Gasteiger partial charge on any atom is 0.191 e. The van der Waals surface area contributed by atoms with Gasteiger partial charge in [-0.2, -0.15) is 0 Å². The van der Waals surface area contributed by atoms with Gasteiger partial charge in [0.15, 0.2) is 5.78 Å². The fourth-order valence-electron chi connectivity index (χ4n) is 1.35. The van der Waals surface area contributed by atoms with E-state index in [1.165, 1.54) is 0 Å². The Morgan fingerprint density at radius 2 is 1.86 bits per heavy atom. The van der Waals surface area contributed by atoms with Gasteiger partial charge in [0.2, 0.25) is 0 Å². The summed E-state index contributed by atoms with van der Waals surface area (Å²) in [7, 11) is 0. The highest BCUT2D eigenvalue weighted by molar-refractivity contribution is 5.99. The number of hydrogen-bond donors (Lipinski definition) is 1. The minimum atomic E-state index is -0.864. The molecule has 76 valence electrons. The Bertz CT molecular complexity index is 290. The second kappa shape index (κ2) is 4.91. The average molecular weight is 192 g/mol. The molecule has 1 atom stereocenters. The molecule has 0 radical (unpaired) electrons. The van der Waals surface area contributed by atoms with Crippen molar-refractivity contribution in [2.24, 2.45) is 5.92 Å². The van der Waals surface area contributed by atoms with E-state index < -0.39 is 6.10 Å². The first kappa shape index (κ1) is 10.9. The number of ketones is 1. The zero-order valence-corrected chi connectivity index (χ0v) is 8.60. The normalized spacial score (nSPS) is 12.9. The van der Waals surface area contributed by atoms with Crippen LogP contribution in [0.1, 0.15) is 30.6 Å². The van der Waals surface area contributed by atoms with E-state index in [1.807, 2.05) is 19.9 Å². The Hall–Kier alpha value is -1.15. The number of rotatable bonds is 4. The monoisotopic (exact) mass is 192 g/mol. The van der Waals surface area contributed by atoms with Crippen LogP contribution in [0.2, 0.25) is 0 Å². The SMILES string of the molecule is CC(C)C[C@@H](O)C(=O)c1ccccc1. The van der Waals surface area contributed by atoms with E-state index in [0.29, 0.717) is 17.9 Å². The Labute approximate surface area is 84.6 Å². The summed E-state index contributed by atoms with van der Waals surface area (Å²) in [6.07, 6.45) is -0.342. The largest absolute Gasteiger partial charge is 0.385 e. The van der Waals surface area contributed by atoms with Gasteiger partial charge in [0, 0.05) is 5.56 Å². The third-order valence-electron chi connectivity index (χ3n) is 2.06. The third-order valence-corrected chi connectivity index (χ3v) is 2.06. The molecule has 2 heteroatoms. The van der Waals surface area contributed by atoms with Crippen molar-refractivity contribution in [1.29, 1.82) is 0 Å². The first-order valence-corrected chi connectivity index (χ1v) is 4.88. The van der Waals surface area contributed by atoms with E-state index in [4.69, 9.17) is 0 Å². The lowest BCUT2D eigenvalue weighted by Crippen LogP contribution is -2.22. The zero-order chi connectivity index (χ0) is 10.6. The predicted molar refractivity (Wildman–Crippen MR) is 56.2 cm³/mol. The van der Waals surface area contributed by atoms with Crippen LogP contribution in [0.25, 0.3) is 0 Å². The molecule has 0 aromatic heterocycles. The summed E-state index contributed by atoms with van der Waals surface area (Å²) < 4.78 is 0. The Morgan fingerprint density at radius 1 is 1.29 bits per heavy atom. The maximum atomic E-state index is 11.6. The van der Waals surface area contributed by atoms with Crippen molar-refractivity contribution in [1.82, 2.24) is 0 Å². The quantitative estimate of drug-likeness (QED) is 0.743. The molecule has 0 amide bonds. The van der Waals surface area contributed by atoms with Crippen LogP contribution < -0.4 is 0 Å². The number of Topliss-reactive ketones (excluding diaryl/α,β-unsaturated/α-hetero) is 1. The van der Waals surface area contributed by atoms with Crippen molar-refractivity contribution in [2.45, 2.75) is 26.4 Å². The first-order valence-electron chi connectivity index (χ1n) is 4.88. The summed E-state index contributed by atoms with van der Waals surface area (Å²) in [5.41, 5.74) is 0.584. The molecule has 0 spiro atoms. The highest BCUT2D eigenvalue weighted by atomic mass is 16.3. The van der Waals surface area contributed by atoms with Gasteiger partial charge in [-0.25, -0.2) is 0 Å². The molecule has 0 aliphatic carbocycles. The Morgan fingerprint density at radius 3 is 2.36 bits per heavy atom. The molecule has 0 fully saturated rings. The molecule has 0 unspecified atom stereocenters. The highest BCUT2D eigenvalue weighted by Crippen LogP contribution is 2.10. The molecule has 14 heavy (non-hydrogen) atoms. The molecular weight excluding hydrogens is 176 g/mol. The second-order valence-corrected chi connectivity index (χ2v) is 3.88. The molecule has 1 aromatic carbocycles. The van der Waals surface area contributed by atoms with Crippen LogP contribution in [-0.2, 0) is 0 Å². The molecule has 0 saturated carbocycles. The van der Waals surface area contributed by atoms with Crippen molar-refractivity contribution in [2.75, 3.05) is 0 Å². The fraction of sp³-hybridized carbons (Fsp3) is 0.417. The van der Waals surface area contributed by atoms with E-state index >= 15 is 0 Å². The molecule has 1 aromatic rings. The van der Waals surface area contributed by atoms with Gasteiger partial charge in [-0.05, 0) is 12.3 Å². The molecule has 2 nitrogen and oxygen atoms in total. The number of carbonyl (C=O) groups is 1. The van der Waals surface area contributed by atoms with Gasteiger partial charge >= 0.3 is 0 Å². The van der Waals surface area contributed by atoms with E-state index in [2.05, 4.69) is 0 Å². The maximum absolute atomic E-state index is 11.6. The molecule has 0 saturated heterocycles. The van der Waals surface area contributed by atoms with E-state index in [9.17, 15) is 9.90 Å². The van der Waals surface area contributed by atoms with Gasteiger partial charge in [-0.15, -0.1) is 0 Å². The lowest BCUT2D eigenvalue weighted by Gasteiger charge is -2.11. The lowest BCUT2D eigenvalue weighted by atomic mass is 9.99. The van der Waals surface area contributed by atoms with Crippen LogP contribution in [0.3, 0.4) is 0 Å². The minimum absolute atomic E-state index is 0.181. The van der Waals surface area contributed by atoms with Gasteiger partial charge < -0.3 is 5.11 Å². The summed E-state index contributed by atoms with van der Waals surface area (Å²) in [6.45, 7) is 3.98. The number of benzene rings is 1. The standard InChI is InChI=1S/C12H16O2/c1-9(2)8-11(13)12(14)10-6-4-3-5-7-10/h3-7,9,11,13H,8H2,1-2H3/t11-/m1/s1. The van der Waals surface area contributed by atoms with Gasteiger partial charge in [0.25, 0.3) is 0 Å². The molecule has 0 aliphatic rings. The number of aliphatic hydroxyl groups excluding tert-OH is 1. The van der Waals surface area contributed by atoms with Gasteiger partial charge in [0.1, 0.15) is 6.10 Å². The van der Waals surface area contributed by atoms with Gasteiger partial charge in [0.05, 0.1) is 0 Å². The van der Waals surface area contributed by atoms with Crippen LogP contribution in [0.4, 0.5) is 0 Å². The van der Waals surface area contributed by atoms with Gasteiger partial charge in [-0.3, -0.25) is 4.79 Å². The molecule has 0 bridgehead atoms. The van der Waals surface area contributed by atoms with Crippen molar-refractivity contribution in [3.05, 3.63) is 35.9 Å².